The van der Waals surface area contributed by atoms with Crippen molar-refractivity contribution in [3.63, 3.8) is 0 Å². The van der Waals surface area contributed by atoms with Gasteiger partial charge in [0.2, 0.25) is 0 Å². The maximum Gasteiger partial charge on any atom is 0.255 e. The van der Waals surface area contributed by atoms with E-state index in [4.69, 9.17) is 5.73 Å². The Kier molecular flexibility index (Phi) is 5.52. The molecule has 0 saturated heterocycles. The van der Waals surface area contributed by atoms with Gasteiger partial charge in [-0.25, -0.2) is 0 Å². The van der Waals surface area contributed by atoms with E-state index in [0.717, 1.165) is 30.5 Å². The highest BCUT2D eigenvalue weighted by atomic mass is 16.1. The first-order chi connectivity index (χ1) is 10.2. The second-order valence-corrected chi connectivity index (χ2v) is 5.14. The van der Waals surface area contributed by atoms with Gasteiger partial charge in [-0.3, -0.25) is 4.79 Å². The molecule has 110 valence electrons. The minimum absolute atomic E-state index is 0.0860. The minimum Gasteiger partial charge on any atom is -0.330 e. The van der Waals surface area contributed by atoms with Gasteiger partial charge >= 0.3 is 0 Å². The molecule has 0 radical (unpaired) electrons. The fraction of sp³-hybridized carbons (Fsp3) is 0.278. The van der Waals surface area contributed by atoms with Crippen LogP contribution in [0.2, 0.25) is 0 Å². The third kappa shape index (κ3) is 4.43. The van der Waals surface area contributed by atoms with Crippen molar-refractivity contribution in [3.8, 4) is 0 Å². The molecule has 0 spiro atoms. The highest BCUT2D eigenvalue weighted by Crippen LogP contribution is 2.13. The average Bonchev–Trinajstić information content (AvgIpc) is 2.50. The van der Waals surface area contributed by atoms with Crippen molar-refractivity contribution in [2.24, 2.45) is 5.73 Å². The number of aryl methyl sites for hydroxylation is 1. The molecule has 0 bridgehead atoms. The molecule has 3 N–H and O–H groups in total. The largest absolute Gasteiger partial charge is 0.330 e. The van der Waals surface area contributed by atoms with Crippen molar-refractivity contribution >= 4 is 11.6 Å². The molecule has 0 unspecified atom stereocenters. The molecule has 0 atom stereocenters. The number of hydrogen-bond acceptors (Lipinski definition) is 2. The van der Waals surface area contributed by atoms with Crippen molar-refractivity contribution in [1.29, 1.82) is 0 Å². The van der Waals surface area contributed by atoms with Crippen LogP contribution in [-0.4, -0.2) is 12.5 Å². The molecule has 2 aromatic carbocycles. The summed E-state index contributed by atoms with van der Waals surface area (Å²) in [5, 5.41) is 2.93. The van der Waals surface area contributed by atoms with Gasteiger partial charge in [0.25, 0.3) is 5.91 Å². The smallest absolute Gasteiger partial charge is 0.255 e. The number of rotatable bonds is 6. The zero-order valence-corrected chi connectivity index (χ0v) is 12.4. The van der Waals surface area contributed by atoms with E-state index in [0.29, 0.717) is 12.1 Å². The number of carbonyl (C=O) groups excluding carboxylic acids is 1. The van der Waals surface area contributed by atoms with Gasteiger partial charge in [-0.05, 0) is 54.8 Å². The Balaban J connectivity index is 2.05. The molecule has 0 heterocycles. The van der Waals surface area contributed by atoms with Crippen LogP contribution >= 0.6 is 0 Å². The molecule has 21 heavy (non-hydrogen) atoms. The minimum atomic E-state index is -0.0860. The molecule has 0 aliphatic rings. The van der Waals surface area contributed by atoms with Crippen molar-refractivity contribution < 1.29 is 4.79 Å². The van der Waals surface area contributed by atoms with Crippen LogP contribution in [-0.2, 0) is 12.8 Å². The molecule has 0 aliphatic carbocycles. The number of benzene rings is 2. The Morgan fingerprint density at radius 2 is 1.81 bits per heavy atom. The van der Waals surface area contributed by atoms with Crippen molar-refractivity contribution in [2.75, 3.05) is 11.9 Å². The summed E-state index contributed by atoms with van der Waals surface area (Å²) < 4.78 is 0. The van der Waals surface area contributed by atoms with Crippen molar-refractivity contribution in [1.82, 2.24) is 0 Å². The third-order valence-electron chi connectivity index (χ3n) is 3.37. The highest BCUT2D eigenvalue weighted by molar-refractivity contribution is 6.04. The quantitative estimate of drug-likeness (QED) is 0.853. The van der Waals surface area contributed by atoms with Crippen LogP contribution < -0.4 is 11.1 Å². The molecule has 0 aromatic heterocycles. The Labute approximate surface area is 126 Å². The molecule has 0 aliphatic heterocycles. The van der Waals surface area contributed by atoms with E-state index in [-0.39, 0.29) is 5.91 Å². The molecule has 0 fully saturated rings. The summed E-state index contributed by atoms with van der Waals surface area (Å²) in [6.45, 7) is 2.74. The summed E-state index contributed by atoms with van der Waals surface area (Å²) in [6, 6.07) is 15.6. The molecule has 0 saturated carbocycles. The average molecular weight is 282 g/mol. The molecule has 1 amide bonds. The van der Waals surface area contributed by atoms with Crippen LogP contribution in [0, 0.1) is 0 Å². The lowest BCUT2D eigenvalue weighted by Crippen LogP contribution is -2.12. The summed E-state index contributed by atoms with van der Waals surface area (Å²) >= 11 is 0. The molecule has 2 rings (SSSR count). The van der Waals surface area contributed by atoms with Crippen LogP contribution in [0.25, 0.3) is 0 Å². The highest BCUT2D eigenvalue weighted by Gasteiger charge is 2.06. The number of hydrogen-bond donors (Lipinski definition) is 2. The van der Waals surface area contributed by atoms with Crippen LogP contribution in [0.3, 0.4) is 0 Å². The zero-order valence-electron chi connectivity index (χ0n) is 12.4. The number of carbonyl (C=O) groups is 1. The second kappa shape index (κ2) is 7.60. The summed E-state index contributed by atoms with van der Waals surface area (Å²) in [4.78, 5) is 12.2. The third-order valence-corrected chi connectivity index (χ3v) is 3.37. The summed E-state index contributed by atoms with van der Waals surface area (Å²) in [7, 11) is 0. The van der Waals surface area contributed by atoms with Gasteiger partial charge in [0.05, 0.1) is 0 Å². The second-order valence-electron chi connectivity index (χ2n) is 5.14. The molecule has 2 aromatic rings. The first-order valence-electron chi connectivity index (χ1n) is 7.42. The van der Waals surface area contributed by atoms with Crippen LogP contribution in [0.15, 0.2) is 48.5 Å². The lowest BCUT2D eigenvalue weighted by atomic mass is 10.1. The maximum absolute atomic E-state index is 12.2. The van der Waals surface area contributed by atoms with Gasteiger partial charge in [-0.15, -0.1) is 0 Å². The fourth-order valence-corrected chi connectivity index (χ4v) is 2.28. The predicted octanol–water partition coefficient (Wildman–Crippen LogP) is 3.39. The topological polar surface area (TPSA) is 55.1 Å². The SMILES string of the molecule is CCCc1ccc(NC(=O)c2cccc(CCN)c2)cc1. The Morgan fingerprint density at radius 1 is 1.05 bits per heavy atom. The van der Waals surface area contributed by atoms with Gasteiger partial charge in [0.1, 0.15) is 0 Å². The van der Waals surface area contributed by atoms with E-state index < -0.39 is 0 Å². The van der Waals surface area contributed by atoms with Gasteiger partial charge in [0, 0.05) is 11.3 Å². The molecule has 3 heteroatoms. The van der Waals surface area contributed by atoms with Crippen LogP contribution in [0.5, 0.6) is 0 Å². The van der Waals surface area contributed by atoms with E-state index in [9.17, 15) is 4.79 Å². The first kappa shape index (κ1) is 15.3. The van der Waals surface area contributed by atoms with Gasteiger partial charge < -0.3 is 11.1 Å². The molecular weight excluding hydrogens is 260 g/mol. The van der Waals surface area contributed by atoms with E-state index in [1.165, 1.54) is 5.56 Å². The normalized spacial score (nSPS) is 10.4. The molecular formula is C18H22N2O. The summed E-state index contributed by atoms with van der Waals surface area (Å²) in [5.74, 6) is -0.0860. The van der Waals surface area contributed by atoms with E-state index >= 15 is 0 Å². The molecule has 3 nitrogen and oxygen atoms in total. The number of nitrogens with two attached hydrogens (primary N) is 1. The number of nitrogens with one attached hydrogen (secondary N) is 1. The Bertz CT molecular complexity index is 590. The van der Waals surface area contributed by atoms with Gasteiger partial charge in [-0.2, -0.15) is 0 Å². The lowest BCUT2D eigenvalue weighted by Gasteiger charge is -2.07. The van der Waals surface area contributed by atoms with Crippen LogP contribution in [0.4, 0.5) is 5.69 Å². The predicted molar refractivity (Wildman–Crippen MR) is 87.6 cm³/mol. The van der Waals surface area contributed by atoms with Crippen molar-refractivity contribution in [2.45, 2.75) is 26.2 Å². The van der Waals surface area contributed by atoms with Gasteiger partial charge in [-0.1, -0.05) is 37.6 Å². The lowest BCUT2D eigenvalue weighted by molar-refractivity contribution is 0.102. The van der Waals surface area contributed by atoms with Crippen molar-refractivity contribution in [3.05, 3.63) is 65.2 Å². The summed E-state index contributed by atoms with van der Waals surface area (Å²) in [6.07, 6.45) is 2.97. The van der Waals surface area contributed by atoms with Gasteiger partial charge in [0.15, 0.2) is 0 Å². The Morgan fingerprint density at radius 3 is 2.48 bits per heavy atom. The van der Waals surface area contributed by atoms with E-state index in [1.807, 2.05) is 36.4 Å². The fourth-order valence-electron chi connectivity index (χ4n) is 2.28. The van der Waals surface area contributed by atoms with Crippen LogP contribution in [0.1, 0.15) is 34.8 Å². The monoisotopic (exact) mass is 282 g/mol. The van der Waals surface area contributed by atoms with E-state index in [2.05, 4.69) is 24.4 Å². The Hall–Kier alpha value is -2.13. The first-order valence-corrected chi connectivity index (χ1v) is 7.42. The van der Waals surface area contributed by atoms with E-state index in [1.54, 1.807) is 0 Å². The standard InChI is InChI=1S/C18H22N2O/c1-2-4-14-7-9-17(10-8-14)20-18(21)16-6-3-5-15(13-16)11-12-19/h3,5-10,13H,2,4,11-12,19H2,1H3,(H,20,21). The maximum atomic E-state index is 12.2. The zero-order chi connectivity index (χ0) is 15.1. The number of anilines is 1. The number of amides is 1. The summed E-state index contributed by atoms with van der Waals surface area (Å²) in [5.41, 5.74) is 9.42.